The van der Waals surface area contributed by atoms with Gasteiger partial charge in [0.25, 0.3) is 0 Å². The maximum Gasteiger partial charge on any atom is 0.146 e. The minimum atomic E-state index is 0.893. The Kier molecular flexibility index (Phi) is 7.13. The third-order valence-electron chi connectivity index (χ3n) is 11.5. The summed E-state index contributed by atoms with van der Waals surface area (Å²) in [6.07, 6.45) is 7.41. The summed E-state index contributed by atoms with van der Waals surface area (Å²) in [5, 5.41) is 5.93. The van der Waals surface area contributed by atoms with Gasteiger partial charge in [0.1, 0.15) is 5.65 Å². The smallest absolute Gasteiger partial charge is 0.146 e. The topological polar surface area (TPSA) is 60.9 Å². The second-order valence-corrected chi connectivity index (χ2v) is 14.7. The number of aromatic nitrogens is 6. The molecule has 12 rings (SSSR count). The Hall–Kier alpha value is -7.96. The van der Waals surface area contributed by atoms with E-state index in [0.29, 0.717) is 0 Å². The molecule has 0 spiro atoms. The first-order valence-corrected chi connectivity index (χ1v) is 19.4. The monoisotopic (exact) mass is 740 g/mol. The highest BCUT2D eigenvalue weighted by molar-refractivity contribution is 6.30. The number of benzene rings is 6. The van der Waals surface area contributed by atoms with Gasteiger partial charge >= 0.3 is 0 Å². The van der Waals surface area contributed by atoms with Gasteiger partial charge in [-0.15, -0.1) is 0 Å². The normalized spacial score (nSPS) is 11.8. The molecule has 0 aliphatic rings. The van der Waals surface area contributed by atoms with Crippen molar-refractivity contribution >= 4 is 60.2 Å². The van der Waals surface area contributed by atoms with Gasteiger partial charge in [0.05, 0.1) is 44.7 Å². The van der Waals surface area contributed by atoms with Crippen molar-refractivity contribution in [3.05, 3.63) is 195 Å². The lowest BCUT2D eigenvalue weighted by atomic mass is 10.00. The Morgan fingerprint density at radius 3 is 1.53 bits per heavy atom. The summed E-state index contributed by atoms with van der Waals surface area (Å²) in [7, 11) is 0. The third kappa shape index (κ3) is 4.98. The molecule has 58 heavy (non-hydrogen) atoms. The molecule has 0 radical (unpaired) electrons. The number of imidazole rings is 1. The van der Waals surface area contributed by atoms with Gasteiger partial charge < -0.3 is 4.57 Å². The van der Waals surface area contributed by atoms with E-state index in [1.165, 1.54) is 21.5 Å². The van der Waals surface area contributed by atoms with Crippen molar-refractivity contribution in [3.63, 3.8) is 0 Å². The zero-order valence-corrected chi connectivity index (χ0v) is 31.2. The van der Waals surface area contributed by atoms with Crippen molar-refractivity contribution in [1.82, 2.24) is 28.9 Å². The highest BCUT2D eigenvalue weighted by Crippen LogP contribution is 2.43. The number of para-hydroxylation sites is 4. The molecule has 270 valence electrons. The highest BCUT2D eigenvalue weighted by atomic mass is 15.0. The van der Waals surface area contributed by atoms with Crippen molar-refractivity contribution in [2.24, 2.45) is 0 Å². The number of hydrogen-bond acceptors (Lipinski definition) is 4. The Labute approximate surface area is 333 Å². The van der Waals surface area contributed by atoms with Gasteiger partial charge in [0, 0.05) is 62.8 Å². The molecule has 6 aromatic carbocycles. The summed E-state index contributed by atoms with van der Waals surface area (Å²) >= 11 is 0. The molecule has 6 heterocycles. The van der Waals surface area contributed by atoms with Crippen LogP contribution >= 0.6 is 0 Å². The van der Waals surface area contributed by atoms with E-state index in [1.54, 1.807) is 12.4 Å². The maximum absolute atomic E-state index is 5.35. The molecule has 0 aliphatic heterocycles. The molecule has 0 bridgehead atoms. The molecule has 6 aromatic heterocycles. The first kappa shape index (κ1) is 32.3. The molecule has 0 aliphatic carbocycles. The van der Waals surface area contributed by atoms with Crippen molar-refractivity contribution in [2.75, 3.05) is 0 Å². The van der Waals surface area contributed by atoms with Crippen LogP contribution in [0.3, 0.4) is 0 Å². The summed E-state index contributed by atoms with van der Waals surface area (Å²) in [6, 6.07) is 60.3. The average molecular weight is 741 g/mol. The van der Waals surface area contributed by atoms with Crippen LogP contribution in [0.1, 0.15) is 0 Å². The van der Waals surface area contributed by atoms with Gasteiger partial charge in [-0.25, -0.2) is 9.97 Å². The Morgan fingerprint density at radius 2 is 0.914 bits per heavy atom. The van der Waals surface area contributed by atoms with Crippen LogP contribution in [0.25, 0.3) is 111 Å². The van der Waals surface area contributed by atoms with Crippen molar-refractivity contribution in [1.29, 1.82) is 0 Å². The van der Waals surface area contributed by atoms with Gasteiger partial charge in [-0.1, -0.05) is 109 Å². The van der Waals surface area contributed by atoms with E-state index in [4.69, 9.17) is 9.97 Å². The molecule has 6 nitrogen and oxygen atoms in total. The minimum absolute atomic E-state index is 0.893. The van der Waals surface area contributed by atoms with E-state index in [0.717, 1.165) is 89.1 Å². The van der Waals surface area contributed by atoms with Crippen LogP contribution < -0.4 is 0 Å². The minimum Gasteiger partial charge on any atom is -0.309 e. The van der Waals surface area contributed by atoms with Gasteiger partial charge in [0.15, 0.2) is 0 Å². The molecule has 0 amide bonds. The van der Waals surface area contributed by atoms with Crippen LogP contribution in [0.4, 0.5) is 0 Å². The Balaban J connectivity index is 1.12. The number of pyridine rings is 4. The van der Waals surface area contributed by atoms with Crippen LogP contribution in [-0.4, -0.2) is 28.9 Å². The largest absolute Gasteiger partial charge is 0.309 e. The van der Waals surface area contributed by atoms with E-state index in [9.17, 15) is 0 Å². The van der Waals surface area contributed by atoms with Gasteiger partial charge in [-0.2, -0.15) is 0 Å². The molecule has 6 heteroatoms. The lowest BCUT2D eigenvalue weighted by Gasteiger charge is -2.14. The molecule has 12 aromatic rings. The molecule has 0 fully saturated rings. The Morgan fingerprint density at radius 1 is 0.362 bits per heavy atom. The van der Waals surface area contributed by atoms with E-state index in [2.05, 4.69) is 177 Å². The molecule has 0 saturated heterocycles. The average Bonchev–Trinajstić information content (AvgIpc) is 3.86. The van der Waals surface area contributed by atoms with Crippen molar-refractivity contribution < 1.29 is 0 Å². The maximum atomic E-state index is 5.35. The molecule has 0 N–H and O–H groups in total. The molecular formula is C52H32N6. The van der Waals surface area contributed by atoms with E-state index < -0.39 is 0 Å². The fourth-order valence-corrected chi connectivity index (χ4v) is 8.81. The van der Waals surface area contributed by atoms with Gasteiger partial charge in [-0.3, -0.25) is 14.4 Å². The SMILES string of the molecule is c1cncc(-c2ccc(-c3cc(-n4c5ccccc5c5c6c7ccccc7n7c8ccccc8nc7c6ccc54)cc(-c4ccc(-c5cccnc5)cc4)n3)cc2)c1. The molecule has 0 unspecified atom stereocenters. The summed E-state index contributed by atoms with van der Waals surface area (Å²) in [4.78, 5) is 19.3. The second kappa shape index (κ2) is 12.8. The van der Waals surface area contributed by atoms with Crippen LogP contribution in [-0.2, 0) is 0 Å². The van der Waals surface area contributed by atoms with Gasteiger partial charge in [-0.05, 0) is 82.9 Å². The fourth-order valence-electron chi connectivity index (χ4n) is 8.81. The van der Waals surface area contributed by atoms with Gasteiger partial charge in [0.2, 0.25) is 0 Å². The number of fused-ring (bicyclic) bond motifs is 12. The van der Waals surface area contributed by atoms with Crippen LogP contribution in [0.5, 0.6) is 0 Å². The summed E-state index contributed by atoms with van der Waals surface area (Å²) in [6.45, 7) is 0. The van der Waals surface area contributed by atoms with E-state index in [-0.39, 0.29) is 0 Å². The van der Waals surface area contributed by atoms with Crippen LogP contribution in [0.15, 0.2) is 195 Å². The fraction of sp³-hybridized carbons (Fsp3) is 0. The lowest BCUT2D eigenvalue weighted by Crippen LogP contribution is -1.98. The first-order valence-electron chi connectivity index (χ1n) is 19.4. The van der Waals surface area contributed by atoms with Crippen LogP contribution in [0, 0.1) is 0 Å². The zero-order valence-electron chi connectivity index (χ0n) is 31.2. The summed E-state index contributed by atoms with van der Waals surface area (Å²) in [5.41, 5.74) is 15.7. The van der Waals surface area contributed by atoms with E-state index in [1.807, 2.05) is 24.5 Å². The standard InChI is InChI=1S/C52H32N6/c1-5-15-47-40(11-1)50-42(52-56-43-13-3-6-16-48(43)58(47)52)25-26-49-51(50)41-12-2-4-14-46(41)57(49)39-29-44(35-21-17-33(18-22-35)37-9-7-27-53-31-37)55-45(30-39)36-23-19-34(20-24-36)38-10-8-28-54-32-38/h1-32H. The number of nitrogens with zero attached hydrogens (tertiary/aromatic N) is 6. The first-order chi connectivity index (χ1) is 28.8. The van der Waals surface area contributed by atoms with E-state index >= 15 is 0 Å². The predicted molar refractivity (Wildman–Crippen MR) is 237 cm³/mol. The lowest BCUT2D eigenvalue weighted by molar-refractivity contribution is 1.16. The number of rotatable bonds is 5. The second-order valence-electron chi connectivity index (χ2n) is 14.7. The third-order valence-corrected chi connectivity index (χ3v) is 11.5. The highest BCUT2D eigenvalue weighted by Gasteiger charge is 2.21. The molecule has 0 saturated carbocycles. The predicted octanol–water partition coefficient (Wildman–Crippen LogP) is 12.7. The van der Waals surface area contributed by atoms with Crippen molar-refractivity contribution in [3.8, 4) is 50.5 Å². The van der Waals surface area contributed by atoms with Crippen molar-refractivity contribution in [2.45, 2.75) is 0 Å². The molecule has 0 atom stereocenters. The summed E-state index contributed by atoms with van der Waals surface area (Å²) < 4.78 is 4.73. The Bertz CT molecular complexity index is 3430. The zero-order chi connectivity index (χ0) is 38.2. The van der Waals surface area contributed by atoms with Crippen LogP contribution in [0.2, 0.25) is 0 Å². The quantitative estimate of drug-likeness (QED) is 0.165. The number of hydrogen-bond donors (Lipinski definition) is 0. The summed E-state index contributed by atoms with van der Waals surface area (Å²) in [5.74, 6) is 0. The molecular weight excluding hydrogens is 709 g/mol.